The van der Waals surface area contributed by atoms with E-state index in [1.165, 1.54) is 23.2 Å². The van der Waals surface area contributed by atoms with Crippen LogP contribution in [0.4, 0.5) is 5.69 Å². The van der Waals surface area contributed by atoms with E-state index in [0.717, 1.165) is 24.8 Å². The van der Waals surface area contributed by atoms with Crippen molar-refractivity contribution in [2.45, 2.75) is 69.9 Å². The zero-order chi connectivity index (χ0) is 34.3. The Kier molecular flexibility index (Phi) is 13.0. The lowest BCUT2D eigenvalue weighted by Gasteiger charge is -2.36. The van der Waals surface area contributed by atoms with Crippen molar-refractivity contribution in [3.63, 3.8) is 0 Å². The monoisotopic (exact) mass is 709 g/mol. The molecule has 0 saturated heterocycles. The summed E-state index contributed by atoms with van der Waals surface area (Å²) < 4.78 is 42.9. The molecule has 1 aliphatic rings. The number of ether oxygens (including phenoxy) is 2. The standard InChI is InChI=1S/C33H45Cl2N5O6S/c1-22-16-40(23(2)20-41)33(42)27-15-26(37-47(43,44)32-19-39(5)21-36-32)10-12-30(27)46-24(3)8-6-7-13-45-31(22)18-38(4)17-25-9-11-28(34)29(35)14-25/h9-12,14-15,19,21-24,31,37,41H,6-8,13,16-18,20H2,1-5H3/t22-,23+,24-,31+/m1/s1. The van der Waals surface area contributed by atoms with Gasteiger partial charge in [0, 0.05) is 51.1 Å². The van der Waals surface area contributed by atoms with E-state index in [0.29, 0.717) is 35.5 Å². The molecule has 3 aromatic rings. The van der Waals surface area contributed by atoms with Crippen LogP contribution in [0.3, 0.4) is 0 Å². The van der Waals surface area contributed by atoms with Gasteiger partial charge in [-0.2, -0.15) is 8.42 Å². The molecule has 4 atom stereocenters. The van der Waals surface area contributed by atoms with Crippen LogP contribution in [0.2, 0.25) is 10.0 Å². The summed E-state index contributed by atoms with van der Waals surface area (Å²) in [4.78, 5) is 22.1. The zero-order valence-corrected chi connectivity index (χ0v) is 29.9. The smallest absolute Gasteiger partial charge is 0.280 e. The van der Waals surface area contributed by atoms with Crippen LogP contribution < -0.4 is 9.46 Å². The van der Waals surface area contributed by atoms with Crippen LogP contribution in [-0.2, 0) is 28.4 Å². The fourth-order valence-electron chi connectivity index (χ4n) is 5.51. The number of carbonyl (C=O) groups excluding carboxylic acids is 1. The third-order valence-electron chi connectivity index (χ3n) is 8.19. The van der Waals surface area contributed by atoms with Gasteiger partial charge in [0.05, 0.1) is 46.8 Å². The second-order valence-electron chi connectivity index (χ2n) is 12.4. The molecule has 0 spiro atoms. The highest BCUT2D eigenvalue weighted by Gasteiger charge is 2.31. The van der Waals surface area contributed by atoms with Gasteiger partial charge in [-0.25, -0.2) is 4.98 Å². The number of rotatable bonds is 9. The third kappa shape index (κ3) is 10.1. The van der Waals surface area contributed by atoms with Gasteiger partial charge >= 0.3 is 0 Å². The Morgan fingerprint density at radius 1 is 1.15 bits per heavy atom. The Balaban J connectivity index is 1.63. The predicted molar refractivity (Wildman–Crippen MR) is 184 cm³/mol. The fourth-order valence-corrected chi connectivity index (χ4v) is 6.86. The van der Waals surface area contributed by atoms with Crippen molar-refractivity contribution >= 4 is 44.8 Å². The van der Waals surface area contributed by atoms with Gasteiger partial charge in [0.2, 0.25) is 0 Å². The summed E-state index contributed by atoms with van der Waals surface area (Å²) in [5.74, 6) is -0.168. The Hall–Kier alpha value is -2.87. The average Bonchev–Trinajstić information content (AvgIpc) is 3.47. The third-order valence-corrected chi connectivity index (χ3v) is 10.2. The van der Waals surface area contributed by atoms with Crippen LogP contribution >= 0.6 is 23.2 Å². The number of hydrogen-bond acceptors (Lipinski definition) is 8. The van der Waals surface area contributed by atoms with Crippen LogP contribution in [0.25, 0.3) is 0 Å². The molecule has 0 bridgehead atoms. The summed E-state index contributed by atoms with van der Waals surface area (Å²) in [5, 5.41) is 11.1. The van der Waals surface area contributed by atoms with Gasteiger partial charge in [-0.15, -0.1) is 0 Å². The molecule has 2 aromatic carbocycles. The topological polar surface area (TPSA) is 126 Å². The molecule has 47 heavy (non-hydrogen) atoms. The van der Waals surface area contributed by atoms with E-state index in [1.54, 1.807) is 37.1 Å². The molecule has 11 nitrogen and oxygen atoms in total. The molecule has 2 N–H and O–H groups in total. The van der Waals surface area contributed by atoms with Gasteiger partial charge in [-0.05, 0) is 76.1 Å². The Bertz CT molecular complexity index is 1620. The maximum Gasteiger partial charge on any atom is 0.280 e. The molecule has 4 rings (SSSR count). The maximum atomic E-state index is 14.3. The first-order chi connectivity index (χ1) is 22.3. The molecule has 1 aliphatic heterocycles. The van der Waals surface area contributed by atoms with Crippen molar-refractivity contribution < 1.29 is 27.8 Å². The van der Waals surface area contributed by atoms with Gasteiger partial charge < -0.3 is 24.0 Å². The number of carbonyl (C=O) groups is 1. The minimum absolute atomic E-state index is 0.124. The molecule has 0 saturated carbocycles. The van der Waals surface area contributed by atoms with E-state index >= 15 is 0 Å². The van der Waals surface area contributed by atoms with Crippen molar-refractivity contribution in [2.75, 3.05) is 38.1 Å². The minimum Gasteiger partial charge on any atom is -0.490 e. The summed E-state index contributed by atoms with van der Waals surface area (Å²) in [6, 6.07) is 9.71. The van der Waals surface area contributed by atoms with E-state index in [2.05, 4.69) is 14.6 Å². The van der Waals surface area contributed by atoms with E-state index in [4.69, 9.17) is 32.7 Å². The molecule has 1 amide bonds. The first-order valence-electron chi connectivity index (χ1n) is 15.7. The number of fused-ring (bicyclic) bond motifs is 1. The number of aromatic nitrogens is 2. The van der Waals surface area contributed by atoms with Gasteiger partial charge in [-0.1, -0.05) is 36.2 Å². The number of likely N-dealkylation sites (N-methyl/N-ethyl adjacent to an activating group) is 1. The first kappa shape index (κ1) is 37.0. The number of halogens is 2. The highest BCUT2D eigenvalue weighted by molar-refractivity contribution is 7.92. The molecular formula is C33H45Cl2N5O6S. The first-order valence-corrected chi connectivity index (χ1v) is 18.0. The molecular weight excluding hydrogens is 665 g/mol. The quantitative estimate of drug-likeness (QED) is 0.300. The van der Waals surface area contributed by atoms with E-state index in [1.807, 2.05) is 33.0 Å². The Morgan fingerprint density at radius 3 is 2.60 bits per heavy atom. The van der Waals surface area contributed by atoms with Crippen LogP contribution in [0.5, 0.6) is 5.75 Å². The largest absolute Gasteiger partial charge is 0.490 e. The van der Waals surface area contributed by atoms with Gasteiger partial charge in [0.1, 0.15) is 5.75 Å². The Labute approximate surface area is 287 Å². The lowest BCUT2D eigenvalue weighted by atomic mass is 10.0. The van der Waals surface area contributed by atoms with E-state index < -0.39 is 16.1 Å². The summed E-state index contributed by atoms with van der Waals surface area (Å²) in [6.07, 6.45) is 4.79. The maximum absolute atomic E-state index is 14.3. The number of hydrogen-bond donors (Lipinski definition) is 2. The average molecular weight is 711 g/mol. The normalized spacial score (nSPS) is 20.7. The van der Waals surface area contributed by atoms with Gasteiger partial charge in [0.25, 0.3) is 15.9 Å². The number of aryl methyl sites for hydroxylation is 1. The number of aliphatic hydroxyl groups excluding tert-OH is 1. The summed E-state index contributed by atoms with van der Waals surface area (Å²) in [7, 11) is -0.325. The summed E-state index contributed by atoms with van der Waals surface area (Å²) in [6.45, 7) is 7.54. The number of benzene rings is 2. The summed E-state index contributed by atoms with van der Waals surface area (Å²) >= 11 is 12.4. The summed E-state index contributed by atoms with van der Waals surface area (Å²) in [5.41, 5.74) is 1.40. The molecule has 2 heterocycles. The van der Waals surface area contributed by atoms with Gasteiger partial charge in [0.15, 0.2) is 5.03 Å². The molecule has 258 valence electrons. The zero-order valence-electron chi connectivity index (χ0n) is 27.5. The second-order valence-corrected chi connectivity index (χ2v) is 14.9. The number of anilines is 1. The van der Waals surface area contributed by atoms with Crippen LogP contribution in [0, 0.1) is 5.92 Å². The predicted octanol–water partition coefficient (Wildman–Crippen LogP) is 5.46. The molecule has 0 radical (unpaired) electrons. The van der Waals surface area contributed by atoms with Crippen LogP contribution in [0.15, 0.2) is 53.9 Å². The molecule has 0 aliphatic carbocycles. The number of nitrogens with zero attached hydrogens (tertiary/aromatic N) is 4. The van der Waals surface area contributed by atoms with Crippen molar-refractivity contribution in [3.8, 4) is 5.75 Å². The van der Waals surface area contributed by atoms with E-state index in [-0.39, 0.29) is 53.5 Å². The highest BCUT2D eigenvalue weighted by atomic mass is 35.5. The van der Waals surface area contributed by atoms with Crippen molar-refractivity contribution in [3.05, 3.63) is 70.1 Å². The number of aliphatic hydroxyl groups is 1. The number of nitrogens with one attached hydrogen (secondary N) is 1. The van der Waals surface area contributed by atoms with Crippen LogP contribution in [-0.4, -0.2) is 90.4 Å². The SMILES string of the molecule is C[C@@H]1CCCCO[C@@H](CN(C)Cc2ccc(Cl)c(Cl)c2)[C@H](C)CN([C@@H](C)CO)C(=O)c2cc(NS(=O)(=O)c3cn(C)cn3)ccc2O1. The highest BCUT2D eigenvalue weighted by Crippen LogP contribution is 2.30. The number of sulfonamides is 1. The van der Waals surface area contributed by atoms with Crippen molar-refractivity contribution in [1.82, 2.24) is 19.4 Å². The van der Waals surface area contributed by atoms with Crippen molar-refractivity contribution in [2.24, 2.45) is 13.0 Å². The molecule has 0 fully saturated rings. The number of imidazole rings is 1. The second kappa shape index (κ2) is 16.5. The molecule has 14 heteroatoms. The lowest BCUT2D eigenvalue weighted by molar-refractivity contribution is -0.0177. The minimum atomic E-state index is -4.01. The number of amides is 1. The Morgan fingerprint density at radius 2 is 1.91 bits per heavy atom. The van der Waals surface area contributed by atoms with Gasteiger partial charge in [-0.3, -0.25) is 14.4 Å². The van der Waals surface area contributed by atoms with E-state index in [9.17, 15) is 18.3 Å². The lowest BCUT2D eigenvalue weighted by Crippen LogP contribution is -2.47. The van der Waals surface area contributed by atoms with Crippen molar-refractivity contribution in [1.29, 1.82) is 0 Å². The fraction of sp³-hybridized carbons (Fsp3) is 0.515. The molecule has 0 unspecified atom stereocenters. The van der Waals surface area contributed by atoms with Crippen LogP contribution in [0.1, 0.15) is 56.0 Å². The molecule has 1 aromatic heterocycles.